The molecule has 22 heavy (non-hydrogen) atoms. The SMILES string of the molecule is Cc1ccc(COC(=O)CNC(=O)c2cccc(F)c2)cc1. The Hall–Kier alpha value is -2.69. The Morgan fingerprint density at radius 2 is 1.86 bits per heavy atom. The van der Waals surface area contributed by atoms with E-state index in [0.29, 0.717) is 0 Å². The molecule has 0 aliphatic carbocycles. The van der Waals surface area contributed by atoms with Crippen LogP contribution in [0.5, 0.6) is 0 Å². The first-order valence-electron chi connectivity index (χ1n) is 6.79. The van der Waals surface area contributed by atoms with Crippen LogP contribution in [-0.2, 0) is 16.1 Å². The molecule has 114 valence electrons. The summed E-state index contributed by atoms with van der Waals surface area (Å²) in [7, 11) is 0. The molecule has 0 aromatic heterocycles. The van der Waals surface area contributed by atoms with Crippen LogP contribution in [0, 0.1) is 12.7 Å². The lowest BCUT2D eigenvalue weighted by Crippen LogP contribution is -2.30. The Labute approximate surface area is 127 Å². The van der Waals surface area contributed by atoms with Crippen LogP contribution in [0.15, 0.2) is 48.5 Å². The third-order valence-electron chi connectivity index (χ3n) is 3.00. The molecule has 4 nitrogen and oxygen atoms in total. The average molecular weight is 301 g/mol. The number of hydrogen-bond acceptors (Lipinski definition) is 3. The Morgan fingerprint density at radius 1 is 1.14 bits per heavy atom. The molecule has 5 heteroatoms. The summed E-state index contributed by atoms with van der Waals surface area (Å²) in [6.07, 6.45) is 0. The molecule has 0 aliphatic heterocycles. The summed E-state index contributed by atoms with van der Waals surface area (Å²) in [5, 5.41) is 2.39. The number of aryl methyl sites for hydroxylation is 1. The monoisotopic (exact) mass is 301 g/mol. The maximum absolute atomic E-state index is 13.0. The standard InChI is InChI=1S/C17H16FNO3/c1-12-5-7-13(8-6-12)11-22-16(20)10-19-17(21)14-3-2-4-15(18)9-14/h2-9H,10-11H2,1H3,(H,19,21). The predicted octanol–water partition coefficient (Wildman–Crippen LogP) is 2.61. The van der Waals surface area contributed by atoms with Gasteiger partial charge in [0, 0.05) is 5.56 Å². The van der Waals surface area contributed by atoms with Crippen molar-refractivity contribution in [1.82, 2.24) is 5.32 Å². The van der Waals surface area contributed by atoms with Gasteiger partial charge < -0.3 is 10.1 Å². The first kappa shape index (κ1) is 15.7. The first-order valence-corrected chi connectivity index (χ1v) is 6.79. The van der Waals surface area contributed by atoms with Crippen molar-refractivity contribution in [1.29, 1.82) is 0 Å². The fourth-order valence-electron chi connectivity index (χ4n) is 1.78. The minimum absolute atomic E-state index is 0.148. The molecule has 0 bridgehead atoms. The van der Waals surface area contributed by atoms with Gasteiger partial charge in [0.05, 0.1) is 0 Å². The van der Waals surface area contributed by atoms with E-state index in [4.69, 9.17) is 4.74 Å². The van der Waals surface area contributed by atoms with Crippen molar-refractivity contribution in [3.05, 3.63) is 71.0 Å². The van der Waals surface area contributed by atoms with E-state index in [1.807, 2.05) is 31.2 Å². The molecule has 1 amide bonds. The van der Waals surface area contributed by atoms with E-state index < -0.39 is 17.7 Å². The quantitative estimate of drug-likeness (QED) is 0.864. The van der Waals surface area contributed by atoms with Crippen molar-refractivity contribution in [2.45, 2.75) is 13.5 Å². The van der Waals surface area contributed by atoms with Gasteiger partial charge >= 0.3 is 5.97 Å². The van der Waals surface area contributed by atoms with Gasteiger partial charge in [-0.25, -0.2) is 4.39 Å². The summed E-state index contributed by atoms with van der Waals surface area (Å²) < 4.78 is 18.0. The van der Waals surface area contributed by atoms with E-state index in [1.54, 1.807) is 0 Å². The van der Waals surface area contributed by atoms with Gasteiger partial charge in [-0.2, -0.15) is 0 Å². The van der Waals surface area contributed by atoms with Crippen LogP contribution in [0.25, 0.3) is 0 Å². The number of carbonyl (C=O) groups excluding carboxylic acids is 2. The zero-order valence-electron chi connectivity index (χ0n) is 12.1. The summed E-state index contributed by atoms with van der Waals surface area (Å²) >= 11 is 0. The van der Waals surface area contributed by atoms with E-state index in [0.717, 1.165) is 17.2 Å². The third kappa shape index (κ3) is 4.70. The Bertz CT molecular complexity index is 668. The Morgan fingerprint density at radius 3 is 2.55 bits per heavy atom. The maximum Gasteiger partial charge on any atom is 0.325 e. The lowest BCUT2D eigenvalue weighted by atomic mass is 10.2. The number of hydrogen-bond donors (Lipinski definition) is 1. The van der Waals surface area contributed by atoms with E-state index in [-0.39, 0.29) is 18.7 Å². The van der Waals surface area contributed by atoms with Gasteiger partial charge in [0.1, 0.15) is 19.0 Å². The van der Waals surface area contributed by atoms with Crippen molar-refractivity contribution in [3.8, 4) is 0 Å². The van der Waals surface area contributed by atoms with Crippen molar-refractivity contribution < 1.29 is 18.7 Å². The minimum Gasteiger partial charge on any atom is -0.460 e. The normalized spacial score (nSPS) is 10.1. The topological polar surface area (TPSA) is 55.4 Å². The van der Waals surface area contributed by atoms with Gasteiger partial charge in [0.25, 0.3) is 5.91 Å². The van der Waals surface area contributed by atoms with Crippen LogP contribution >= 0.6 is 0 Å². The van der Waals surface area contributed by atoms with Crippen molar-refractivity contribution >= 4 is 11.9 Å². The predicted molar refractivity (Wildman–Crippen MR) is 79.7 cm³/mol. The molecule has 0 saturated carbocycles. The second-order valence-electron chi connectivity index (χ2n) is 4.84. The summed E-state index contributed by atoms with van der Waals surface area (Å²) in [6, 6.07) is 12.8. The van der Waals surface area contributed by atoms with E-state index >= 15 is 0 Å². The van der Waals surface area contributed by atoms with Crippen molar-refractivity contribution in [2.24, 2.45) is 0 Å². The van der Waals surface area contributed by atoms with Gasteiger partial charge in [-0.1, -0.05) is 35.9 Å². The molecule has 2 rings (SSSR count). The second-order valence-corrected chi connectivity index (χ2v) is 4.84. The summed E-state index contributed by atoms with van der Waals surface area (Å²) in [5.41, 5.74) is 2.15. The number of nitrogens with one attached hydrogen (secondary N) is 1. The average Bonchev–Trinajstić information content (AvgIpc) is 2.52. The van der Waals surface area contributed by atoms with Crippen molar-refractivity contribution in [3.63, 3.8) is 0 Å². The molecule has 2 aromatic carbocycles. The lowest BCUT2D eigenvalue weighted by molar-refractivity contribution is -0.143. The van der Waals surface area contributed by atoms with Gasteiger partial charge in [-0.3, -0.25) is 9.59 Å². The lowest BCUT2D eigenvalue weighted by Gasteiger charge is -2.07. The number of halogens is 1. The molecule has 0 unspecified atom stereocenters. The molecular formula is C17H16FNO3. The highest BCUT2D eigenvalue weighted by Gasteiger charge is 2.09. The van der Waals surface area contributed by atoms with Crippen LogP contribution in [0.1, 0.15) is 21.5 Å². The van der Waals surface area contributed by atoms with Gasteiger partial charge in [-0.15, -0.1) is 0 Å². The number of ether oxygens (including phenoxy) is 1. The number of esters is 1. The van der Waals surface area contributed by atoms with E-state index in [9.17, 15) is 14.0 Å². The Balaban J connectivity index is 1.78. The highest BCUT2D eigenvalue weighted by Crippen LogP contribution is 2.05. The van der Waals surface area contributed by atoms with Gasteiger partial charge in [-0.05, 0) is 30.7 Å². The second kappa shape index (κ2) is 7.36. The molecule has 0 heterocycles. The highest BCUT2D eigenvalue weighted by molar-refractivity contribution is 5.95. The molecule has 0 atom stereocenters. The molecule has 0 saturated heterocycles. The molecule has 0 spiro atoms. The number of amides is 1. The van der Waals surface area contributed by atoms with Crippen LogP contribution in [-0.4, -0.2) is 18.4 Å². The highest BCUT2D eigenvalue weighted by atomic mass is 19.1. The van der Waals surface area contributed by atoms with E-state index in [2.05, 4.69) is 5.32 Å². The largest absolute Gasteiger partial charge is 0.460 e. The fourth-order valence-corrected chi connectivity index (χ4v) is 1.78. The number of rotatable bonds is 5. The van der Waals surface area contributed by atoms with Crippen molar-refractivity contribution in [2.75, 3.05) is 6.54 Å². The molecule has 2 aromatic rings. The summed E-state index contributed by atoms with van der Waals surface area (Å²) in [4.78, 5) is 23.3. The third-order valence-corrected chi connectivity index (χ3v) is 3.00. The fraction of sp³-hybridized carbons (Fsp3) is 0.176. The summed E-state index contributed by atoms with van der Waals surface area (Å²) in [6.45, 7) is 1.86. The molecule has 1 N–H and O–H groups in total. The number of benzene rings is 2. The zero-order valence-corrected chi connectivity index (χ0v) is 12.1. The van der Waals surface area contributed by atoms with Crippen LogP contribution in [0.2, 0.25) is 0 Å². The van der Waals surface area contributed by atoms with Gasteiger partial charge in [0.2, 0.25) is 0 Å². The summed E-state index contributed by atoms with van der Waals surface area (Å²) in [5.74, 6) is -1.58. The molecule has 0 aliphatic rings. The number of carbonyl (C=O) groups is 2. The first-order chi connectivity index (χ1) is 10.5. The maximum atomic E-state index is 13.0. The Kier molecular flexibility index (Phi) is 5.25. The smallest absolute Gasteiger partial charge is 0.325 e. The zero-order chi connectivity index (χ0) is 15.9. The molecule has 0 radical (unpaired) electrons. The van der Waals surface area contributed by atoms with Crippen LogP contribution in [0.3, 0.4) is 0 Å². The molecular weight excluding hydrogens is 285 g/mol. The molecule has 0 fully saturated rings. The van der Waals surface area contributed by atoms with Gasteiger partial charge in [0.15, 0.2) is 0 Å². The van der Waals surface area contributed by atoms with Crippen LogP contribution in [0.4, 0.5) is 4.39 Å². The minimum atomic E-state index is -0.551. The van der Waals surface area contributed by atoms with Crippen LogP contribution < -0.4 is 5.32 Å². The van der Waals surface area contributed by atoms with E-state index in [1.165, 1.54) is 18.2 Å².